The van der Waals surface area contributed by atoms with E-state index in [4.69, 9.17) is 15.2 Å². The van der Waals surface area contributed by atoms with Gasteiger partial charge in [0.1, 0.15) is 0 Å². The quantitative estimate of drug-likeness (QED) is 0.831. The SMILES string of the molecule is CCOC(=O)N(C(=O)OCC)c1ccc(Cc2ccccc2N)cc1. The van der Waals surface area contributed by atoms with E-state index in [0.717, 1.165) is 21.7 Å². The number of anilines is 2. The molecule has 0 radical (unpaired) electrons. The maximum atomic E-state index is 12.1. The lowest BCUT2D eigenvalue weighted by atomic mass is 10.0. The summed E-state index contributed by atoms with van der Waals surface area (Å²) in [4.78, 5) is 25.0. The number of hydrogen-bond donors (Lipinski definition) is 1. The standard InChI is InChI=1S/C19H22N2O4/c1-3-24-18(22)21(19(23)25-4-2)16-11-9-14(10-12-16)13-15-7-5-6-8-17(15)20/h5-12H,3-4,13,20H2,1-2H3. The number of nitrogens with zero attached hydrogens (tertiary/aromatic N) is 1. The van der Waals surface area contributed by atoms with Gasteiger partial charge in [0.2, 0.25) is 0 Å². The minimum atomic E-state index is -0.763. The third kappa shape index (κ3) is 4.73. The first-order valence-electron chi connectivity index (χ1n) is 8.12. The Kier molecular flexibility index (Phi) is 6.39. The normalized spacial score (nSPS) is 10.2. The van der Waals surface area contributed by atoms with Crippen molar-refractivity contribution in [2.24, 2.45) is 0 Å². The van der Waals surface area contributed by atoms with E-state index in [9.17, 15) is 9.59 Å². The highest BCUT2D eigenvalue weighted by atomic mass is 16.6. The summed E-state index contributed by atoms with van der Waals surface area (Å²) >= 11 is 0. The van der Waals surface area contributed by atoms with Crippen LogP contribution in [0.25, 0.3) is 0 Å². The van der Waals surface area contributed by atoms with Crippen molar-refractivity contribution in [2.75, 3.05) is 23.8 Å². The molecule has 0 aliphatic rings. The van der Waals surface area contributed by atoms with Crippen molar-refractivity contribution in [3.8, 4) is 0 Å². The summed E-state index contributed by atoms with van der Waals surface area (Å²) in [5, 5.41) is 0. The fourth-order valence-electron chi connectivity index (χ4n) is 2.34. The van der Waals surface area contributed by atoms with Crippen molar-refractivity contribution in [3.63, 3.8) is 0 Å². The average Bonchev–Trinajstić information content (AvgIpc) is 2.59. The second-order valence-corrected chi connectivity index (χ2v) is 5.28. The number of para-hydroxylation sites is 1. The van der Waals surface area contributed by atoms with Gasteiger partial charge in [-0.05, 0) is 49.6 Å². The van der Waals surface area contributed by atoms with Crippen molar-refractivity contribution in [3.05, 3.63) is 59.7 Å². The van der Waals surface area contributed by atoms with Gasteiger partial charge >= 0.3 is 12.2 Å². The van der Waals surface area contributed by atoms with E-state index in [1.54, 1.807) is 26.0 Å². The first kappa shape index (κ1) is 18.3. The minimum Gasteiger partial charge on any atom is -0.449 e. The molecule has 2 N–H and O–H groups in total. The Bertz CT molecular complexity index is 710. The predicted octanol–water partition coefficient (Wildman–Crippen LogP) is 3.98. The van der Waals surface area contributed by atoms with Crippen LogP contribution in [0.2, 0.25) is 0 Å². The topological polar surface area (TPSA) is 81.9 Å². The lowest BCUT2D eigenvalue weighted by molar-refractivity contribution is 0.140. The van der Waals surface area contributed by atoms with Gasteiger partial charge < -0.3 is 15.2 Å². The van der Waals surface area contributed by atoms with E-state index in [1.807, 2.05) is 36.4 Å². The van der Waals surface area contributed by atoms with Crippen molar-refractivity contribution >= 4 is 23.6 Å². The Morgan fingerprint density at radius 1 is 0.920 bits per heavy atom. The Morgan fingerprint density at radius 3 is 2.00 bits per heavy atom. The number of benzene rings is 2. The zero-order valence-corrected chi connectivity index (χ0v) is 14.4. The molecule has 0 aliphatic heterocycles. The molecule has 25 heavy (non-hydrogen) atoms. The number of ether oxygens (including phenoxy) is 2. The van der Waals surface area contributed by atoms with Gasteiger partial charge in [0.15, 0.2) is 0 Å². The summed E-state index contributed by atoms with van der Waals surface area (Å²) in [6, 6.07) is 14.7. The molecule has 2 aromatic rings. The Morgan fingerprint density at radius 2 is 1.48 bits per heavy atom. The van der Waals surface area contributed by atoms with Crippen LogP contribution in [0.15, 0.2) is 48.5 Å². The molecular weight excluding hydrogens is 320 g/mol. The highest BCUT2D eigenvalue weighted by Crippen LogP contribution is 2.21. The largest absolute Gasteiger partial charge is 0.449 e. The molecule has 0 fully saturated rings. The maximum absolute atomic E-state index is 12.1. The predicted molar refractivity (Wildman–Crippen MR) is 96.6 cm³/mol. The van der Waals surface area contributed by atoms with Crippen LogP contribution in [0, 0.1) is 0 Å². The van der Waals surface area contributed by atoms with Crippen LogP contribution in [-0.4, -0.2) is 25.4 Å². The average molecular weight is 342 g/mol. The molecule has 0 spiro atoms. The zero-order chi connectivity index (χ0) is 18.2. The van der Waals surface area contributed by atoms with Crippen LogP contribution in [0.4, 0.5) is 21.0 Å². The molecule has 0 heterocycles. The van der Waals surface area contributed by atoms with Gasteiger partial charge in [-0.2, -0.15) is 4.90 Å². The van der Waals surface area contributed by atoms with Crippen molar-refractivity contribution in [1.29, 1.82) is 0 Å². The van der Waals surface area contributed by atoms with E-state index in [1.165, 1.54) is 0 Å². The molecule has 132 valence electrons. The number of nitrogens with two attached hydrogens (primary N) is 1. The van der Waals surface area contributed by atoms with Gasteiger partial charge in [-0.1, -0.05) is 30.3 Å². The second-order valence-electron chi connectivity index (χ2n) is 5.28. The van der Waals surface area contributed by atoms with E-state index >= 15 is 0 Å². The molecule has 6 heteroatoms. The van der Waals surface area contributed by atoms with Crippen molar-refractivity contribution in [1.82, 2.24) is 0 Å². The van der Waals surface area contributed by atoms with Crippen LogP contribution in [0.3, 0.4) is 0 Å². The number of amides is 2. The number of hydrogen-bond acceptors (Lipinski definition) is 5. The van der Waals surface area contributed by atoms with E-state index in [2.05, 4.69) is 0 Å². The summed E-state index contributed by atoms with van der Waals surface area (Å²) < 4.78 is 9.87. The molecule has 2 rings (SSSR count). The molecule has 0 saturated carbocycles. The Labute approximate surface area is 147 Å². The van der Waals surface area contributed by atoms with E-state index in [-0.39, 0.29) is 13.2 Å². The molecule has 0 unspecified atom stereocenters. The second kappa shape index (κ2) is 8.73. The number of imide groups is 1. The number of carbonyl (C=O) groups is 2. The van der Waals surface area contributed by atoms with Gasteiger partial charge in [0, 0.05) is 5.69 Å². The Balaban J connectivity index is 2.21. The first-order chi connectivity index (χ1) is 12.1. The summed E-state index contributed by atoms with van der Waals surface area (Å²) in [5.74, 6) is 0. The van der Waals surface area contributed by atoms with Crippen LogP contribution in [-0.2, 0) is 15.9 Å². The van der Waals surface area contributed by atoms with Crippen LogP contribution < -0.4 is 10.6 Å². The molecule has 6 nitrogen and oxygen atoms in total. The number of nitrogen functional groups attached to an aromatic ring is 1. The maximum Gasteiger partial charge on any atom is 0.423 e. The van der Waals surface area contributed by atoms with E-state index in [0.29, 0.717) is 12.1 Å². The molecule has 2 aromatic carbocycles. The van der Waals surface area contributed by atoms with E-state index < -0.39 is 12.2 Å². The van der Waals surface area contributed by atoms with Gasteiger partial charge in [0.25, 0.3) is 0 Å². The fourth-order valence-corrected chi connectivity index (χ4v) is 2.34. The number of rotatable bonds is 5. The van der Waals surface area contributed by atoms with Crippen LogP contribution in [0.5, 0.6) is 0 Å². The smallest absolute Gasteiger partial charge is 0.423 e. The fraction of sp³-hybridized carbons (Fsp3) is 0.263. The molecule has 0 aromatic heterocycles. The highest BCUT2D eigenvalue weighted by molar-refractivity contribution is 6.09. The minimum absolute atomic E-state index is 0.167. The highest BCUT2D eigenvalue weighted by Gasteiger charge is 2.26. The zero-order valence-electron chi connectivity index (χ0n) is 14.4. The lowest BCUT2D eigenvalue weighted by Gasteiger charge is -2.19. The van der Waals surface area contributed by atoms with Gasteiger partial charge in [-0.3, -0.25) is 0 Å². The molecular formula is C19H22N2O4. The molecule has 0 aliphatic carbocycles. The molecule has 2 amide bonds. The molecule has 0 bridgehead atoms. The van der Waals surface area contributed by atoms with Gasteiger partial charge in [-0.25, -0.2) is 9.59 Å². The Hall–Kier alpha value is -3.02. The lowest BCUT2D eigenvalue weighted by Crippen LogP contribution is -2.38. The molecule has 0 atom stereocenters. The van der Waals surface area contributed by atoms with Crippen molar-refractivity contribution in [2.45, 2.75) is 20.3 Å². The van der Waals surface area contributed by atoms with Gasteiger partial charge in [0.05, 0.1) is 18.9 Å². The van der Waals surface area contributed by atoms with Crippen molar-refractivity contribution < 1.29 is 19.1 Å². The third-order valence-corrected chi connectivity index (χ3v) is 3.54. The summed E-state index contributed by atoms with van der Waals surface area (Å²) in [5.41, 5.74) is 9.11. The van der Waals surface area contributed by atoms with Gasteiger partial charge in [-0.15, -0.1) is 0 Å². The third-order valence-electron chi connectivity index (χ3n) is 3.54. The number of carbonyl (C=O) groups excluding carboxylic acids is 2. The van der Waals surface area contributed by atoms with Crippen LogP contribution in [0.1, 0.15) is 25.0 Å². The summed E-state index contributed by atoms with van der Waals surface area (Å²) in [6.45, 7) is 3.68. The molecule has 0 saturated heterocycles. The monoisotopic (exact) mass is 342 g/mol. The van der Waals surface area contributed by atoms with Crippen LogP contribution >= 0.6 is 0 Å². The summed E-state index contributed by atoms with van der Waals surface area (Å²) in [6.07, 6.45) is -0.867. The summed E-state index contributed by atoms with van der Waals surface area (Å²) in [7, 11) is 0. The first-order valence-corrected chi connectivity index (χ1v) is 8.12.